The molecular weight excluding hydrogens is 336 g/mol. The molecule has 1 aromatic carbocycles. The van der Waals surface area contributed by atoms with Crippen LogP contribution in [-0.4, -0.2) is 29.9 Å². The molecule has 0 bridgehead atoms. The van der Waals surface area contributed by atoms with Crippen molar-refractivity contribution in [1.82, 2.24) is 29.9 Å². The minimum atomic E-state index is -0.0370. The van der Waals surface area contributed by atoms with Gasteiger partial charge in [0.1, 0.15) is 11.4 Å². The molecule has 8 heteroatoms. The Labute approximate surface area is 148 Å². The van der Waals surface area contributed by atoms with Crippen molar-refractivity contribution >= 4 is 22.8 Å². The van der Waals surface area contributed by atoms with Gasteiger partial charge in [0.15, 0.2) is 5.65 Å². The van der Waals surface area contributed by atoms with Crippen molar-refractivity contribution in [2.24, 2.45) is 7.05 Å². The van der Waals surface area contributed by atoms with Gasteiger partial charge in [-0.3, -0.25) is 4.68 Å². The Hall–Kier alpha value is -2.74. The van der Waals surface area contributed by atoms with Crippen molar-refractivity contribution in [3.05, 3.63) is 48.2 Å². The molecule has 4 rings (SSSR count). The topological polar surface area (TPSA) is 82.5 Å². The highest BCUT2D eigenvalue weighted by Gasteiger charge is 2.19. The molecule has 0 saturated carbocycles. The summed E-state index contributed by atoms with van der Waals surface area (Å²) in [4.78, 5) is 8.63. The van der Waals surface area contributed by atoms with E-state index in [9.17, 15) is 0 Å². The maximum Gasteiger partial charge on any atom is 0.247 e. The number of fused-ring (bicyclic) bond motifs is 1. The number of benzene rings is 1. The van der Waals surface area contributed by atoms with Crippen LogP contribution in [0.2, 0.25) is 0 Å². The molecule has 0 amide bonds. The van der Waals surface area contributed by atoms with Gasteiger partial charge in [0.05, 0.1) is 16.8 Å². The first-order chi connectivity index (χ1) is 12.1. The fourth-order valence-corrected chi connectivity index (χ4v) is 3.37. The van der Waals surface area contributed by atoms with E-state index in [1.54, 1.807) is 29.0 Å². The van der Waals surface area contributed by atoms with E-state index in [-0.39, 0.29) is 5.25 Å². The van der Waals surface area contributed by atoms with Crippen LogP contribution in [0.15, 0.2) is 46.2 Å². The number of aromatic nitrogens is 6. The summed E-state index contributed by atoms with van der Waals surface area (Å²) in [6, 6.07) is 8.01. The second-order valence-corrected chi connectivity index (χ2v) is 7.09. The van der Waals surface area contributed by atoms with Gasteiger partial charge in [-0.15, -0.1) is 10.2 Å². The molecule has 0 aliphatic carbocycles. The first kappa shape index (κ1) is 15.8. The average Bonchev–Trinajstić information content (AvgIpc) is 3.24. The molecule has 0 radical (unpaired) electrons. The van der Waals surface area contributed by atoms with Gasteiger partial charge in [0, 0.05) is 12.6 Å². The lowest BCUT2D eigenvalue weighted by molar-refractivity contribution is 0.509. The van der Waals surface area contributed by atoms with Crippen LogP contribution < -0.4 is 0 Å². The number of hydrogen-bond donors (Lipinski definition) is 0. The molecule has 3 aromatic heterocycles. The lowest BCUT2D eigenvalue weighted by Gasteiger charge is -2.06. The largest absolute Gasteiger partial charge is 0.419 e. The predicted octanol–water partition coefficient (Wildman–Crippen LogP) is 3.58. The van der Waals surface area contributed by atoms with Gasteiger partial charge >= 0.3 is 0 Å². The highest BCUT2D eigenvalue weighted by Crippen LogP contribution is 2.36. The van der Waals surface area contributed by atoms with Crippen molar-refractivity contribution in [2.75, 3.05) is 0 Å². The zero-order valence-electron chi connectivity index (χ0n) is 14.0. The fourth-order valence-electron chi connectivity index (χ4n) is 2.46. The lowest BCUT2D eigenvalue weighted by atomic mass is 10.1. The zero-order chi connectivity index (χ0) is 17.4. The van der Waals surface area contributed by atoms with Crippen molar-refractivity contribution in [3.8, 4) is 11.5 Å². The third-order valence-corrected chi connectivity index (χ3v) is 4.97. The molecule has 126 valence electrons. The molecule has 25 heavy (non-hydrogen) atoms. The van der Waals surface area contributed by atoms with Crippen LogP contribution in [-0.2, 0) is 7.05 Å². The summed E-state index contributed by atoms with van der Waals surface area (Å²) in [5.41, 5.74) is 2.91. The lowest BCUT2D eigenvalue weighted by Crippen LogP contribution is -1.94. The third kappa shape index (κ3) is 3.00. The minimum absolute atomic E-state index is 0.0370. The minimum Gasteiger partial charge on any atom is -0.419 e. The number of hydrogen-bond acceptors (Lipinski definition) is 7. The SMILES string of the molecule is Cc1ccc(-c2nnc(C(C)Sc3ncnc4c3cnn4C)o2)cc1. The molecule has 0 spiro atoms. The second kappa shape index (κ2) is 6.29. The highest BCUT2D eigenvalue weighted by atomic mass is 32.2. The van der Waals surface area contributed by atoms with E-state index in [1.807, 2.05) is 45.2 Å². The molecular formula is C17H16N6OS. The molecule has 0 fully saturated rings. The van der Waals surface area contributed by atoms with Gasteiger partial charge in [0.25, 0.3) is 0 Å². The molecule has 4 aromatic rings. The summed E-state index contributed by atoms with van der Waals surface area (Å²) in [7, 11) is 1.86. The molecule has 7 nitrogen and oxygen atoms in total. The zero-order valence-corrected chi connectivity index (χ0v) is 14.9. The van der Waals surface area contributed by atoms with Crippen LogP contribution in [0, 0.1) is 6.92 Å². The van der Waals surface area contributed by atoms with E-state index < -0.39 is 0 Å². The molecule has 0 saturated heterocycles. The van der Waals surface area contributed by atoms with E-state index in [0.717, 1.165) is 21.6 Å². The Balaban J connectivity index is 1.59. The van der Waals surface area contributed by atoms with Crippen molar-refractivity contribution in [3.63, 3.8) is 0 Å². The number of thioether (sulfide) groups is 1. The molecule has 0 N–H and O–H groups in total. The molecule has 3 heterocycles. The average molecular weight is 352 g/mol. The highest BCUT2D eigenvalue weighted by molar-refractivity contribution is 7.99. The van der Waals surface area contributed by atoms with Crippen LogP contribution in [0.4, 0.5) is 0 Å². The van der Waals surface area contributed by atoms with Crippen LogP contribution in [0.3, 0.4) is 0 Å². The summed E-state index contributed by atoms with van der Waals surface area (Å²) < 4.78 is 7.58. The van der Waals surface area contributed by atoms with Crippen molar-refractivity contribution in [2.45, 2.75) is 24.1 Å². The Kier molecular flexibility index (Phi) is 3.96. The number of rotatable bonds is 4. The number of aryl methyl sites for hydroxylation is 2. The van der Waals surface area contributed by atoms with Crippen molar-refractivity contribution in [1.29, 1.82) is 0 Å². The molecule has 1 atom stereocenters. The summed E-state index contributed by atoms with van der Waals surface area (Å²) >= 11 is 1.55. The first-order valence-electron chi connectivity index (χ1n) is 7.81. The van der Waals surface area contributed by atoms with E-state index >= 15 is 0 Å². The first-order valence-corrected chi connectivity index (χ1v) is 8.69. The second-order valence-electron chi connectivity index (χ2n) is 5.76. The van der Waals surface area contributed by atoms with E-state index in [4.69, 9.17) is 4.42 Å². The Morgan fingerprint density at radius 1 is 1.12 bits per heavy atom. The van der Waals surface area contributed by atoms with E-state index in [2.05, 4.69) is 25.3 Å². The Morgan fingerprint density at radius 2 is 1.92 bits per heavy atom. The van der Waals surface area contributed by atoms with Crippen LogP contribution in [0.25, 0.3) is 22.5 Å². The predicted molar refractivity (Wildman–Crippen MR) is 95.0 cm³/mol. The summed E-state index contributed by atoms with van der Waals surface area (Å²) in [5.74, 6) is 1.09. The maximum atomic E-state index is 5.85. The monoisotopic (exact) mass is 352 g/mol. The van der Waals surface area contributed by atoms with Crippen LogP contribution >= 0.6 is 11.8 Å². The Morgan fingerprint density at radius 3 is 2.72 bits per heavy atom. The summed E-state index contributed by atoms with van der Waals surface area (Å²) in [6.07, 6.45) is 3.32. The summed E-state index contributed by atoms with van der Waals surface area (Å²) in [5, 5.41) is 14.3. The van der Waals surface area contributed by atoms with Gasteiger partial charge in [-0.1, -0.05) is 29.5 Å². The normalized spacial score (nSPS) is 12.6. The van der Waals surface area contributed by atoms with Gasteiger partial charge in [0.2, 0.25) is 11.8 Å². The van der Waals surface area contributed by atoms with Gasteiger partial charge < -0.3 is 4.42 Å². The Bertz CT molecular complexity index is 1020. The number of nitrogens with zero attached hydrogens (tertiary/aromatic N) is 6. The van der Waals surface area contributed by atoms with Crippen molar-refractivity contribution < 1.29 is 4.42 Å². The van der Waals surface area contributed by atoms with E-state index in [0.29, 0.717) is 11.8 Å². The molecule has 0 aliphatic rings. The van der Waals surface area contributed by atoms with Crippen LogP contribution in [0.5, 0.6) is 0 Å². The van der Waals surface area contributed by atoms with Gasteiger partial charge in [-0.25, -0.2) is 9.97 Å². The molecule has 1 unspecified atom stereocenters. The quantitative estimate of drug-likeness (QED) is 0.410. The molecule has 0 aliphatic heterocycles. The van der Waals surface area contributed by atoms with Gasteiger partial charge in [-0.05, 0) is 26.0 Å². The maximum absolute atomic E-state index is 5.85. The summed E-state index contributed by atoms with van der Waals surface area (Å²) in [6.45, 7) is 4.06. The van der Waals surface area contributed by atoms with Gasteiger partial charge in [-0.2, -0.15) is 5.10 Å². The van der Waals surface area contributed by atoms with E-state index in [1.165, 1.54) is 5.56 Å². The van der Waals surface area contributed by atoms with Crippen LogP contribution in [0.1, 0.15) is 23.6 Å². The fraction of sp³-hybridized carbons (Fsp3) is 0.235. The standard InChI is InChI=1S/C17H16N6OS/c1-10-4-6-12(7-5-10)16-22-21-15(24-16)11(2)25-17-13-8-20-23(3)14(13)18-9-19-17/h4-9,11H,1-3H3. The smallest absolute Gasteiger partial charge is 0.247 e. The third-order valence-electron chi connectivity index (χ3n) is 3.87.